The topological polar surface area (TPSA) is 84.2 Å². The quantitative estimate of drug-likeness (QED) is 0.495. The Bertz CT molecular complexity index is 1140. The molecule has 0 aliphatic heterocycles. The highest BCUT2D eigenvalue weighted by Gasteiger charge is 2.21. The van der Waals surface area contributed by atoms with Crippen molar-refractivity contribution in [1.29, 1.82) is 0 Å². The van der Waals surface area contributed by atoms with Crippen LogP contribution in [0.5, 0.6) is 0 Å². The molecule has 0 saturated carbocycles. The Morgan fingerprint density at radius 1 is 0.897 bits per heavy atom. The molecule has 0 radical (unpaired) electrons. The SMILES string of the molecule is O=C(NNC(=O)c1sc(-c2ccco2)nc1-c1ccccc1)c1ccc(F)cc1. The van der Waals surface area contributed by atoms with E-state index in [9.17, 15) is 14.0 Å². The molecule has 4 aromatic rings. The van der Waals surface area contributed by atoms with Gasteiger partial charge < -0.3 is 4.42 Å². The highest BCUT2D eigenvalue weighted by molar-refractivity contribution is 7.17. The zero-order valence-electron chi connectivity index (χ0n) is 14.9. The van der Waals surface area contributed by atoms with E-state index in [1.807, 2.05) is 30.3 Å². The van der Waals surface area contributed by atoms with Crippen molar-refractivity contribution >= 4 is 23.2 Å². The lowest BCUT2D eigenvalue weighted by Gasteiger charge is -2.07. The summed E-state index contributed by atoms with van der Waals surface area (Å²) < 4.78 is 18.4. The van der Waals surface area contributed by atoms with Crippen molar-refractivity contribution < 1.29 is 18.4 Å². The second kappa shape index (κ2) is 8.07. The van der Waals surface area contributed by atoms with E-state index in [0.29, 0.717) is 21.3 Å². The number of nitrogens with one attached hydrogen (secondary N) is 2. The molecular weight excluding hydrogens is 393 g/mol. The average molecular weight is 407 g/mol. The number of furan rings is 1. The second-order valence-electron chi connectivity index (χ2n) is 5.96. The number of aromatic nitrogens is 1. The summed E-state index contributed by atoms with van der Waals surface area (Å²) in [6.45, 7) is 0. The van der Waals surface area contributed by atoms with E-state index < -0.39 is 17.6 Å². The monoisotopic (exact) mass is 407 g/mol. The van der Waals surface area contributed by atoms with Crippen LogP contribution in [0.15, 0.2) is 77.4 Å². The average Bonchev–Trinajstić information content (AvgIpc) is 3.43. The lowest BCUT2D eigenvalue weighted by Crippen LogP contribution is -2.41. The first kappa shape index (κ1) is 18.6. The predicted molar refractivity (Wildman–Crippen MR) is 107 cm³/mol. The van der Waals surface area contributed by atoms with Crippen LogP contribution in [-0.4, -0.2) is 16.8 Å². The summed E-state index contributed by atoms with van der Waals surface area (Å²) >= 11 is 1.15. The van der Waals surface area contributed by atoms with Gasteiger partial charge in [0, 0.05) is 11.1 Å². The number of thiazole rings is 1. The number of hydrogen-bond acceptors (Lipinski definition) is 5. The first-order valence-corrected chi connectivity index (χ1v) is 9.40. The minimum atomic E-state index is -0.560. The van der Waals surface area contributed by atoms with E-state index in [4.69, 9.17) is 4.42 Å². The van der Waals surface area contributed by atoms with Crippen LogP contribution >= 0.6 is 11.3 Å². The number of carbonyl (C=O) groups excluding carboxylic acids is 2. The summed E-state index contributed by atoms with van der Waals surface area (Å²) in [6.07, 6.45) is 1.53. The van der Waals surface area contributed by atoms with Gasteiger partial charge >= 0.3 is 0 Å². The Balaban J connectivity index is 1.58. The molecule has 0 aliphatic rings. The van der Waals surface area contributed by atoms with Crippen molar-refractivity contribution in [2.45, 2.75) is 0 Å². The maximum Gasteiger partial charge on any atom is 0.282 e. The summed E-state index contributed by atoms with van der Waals surface area (Å²) in [7, 11) is 0. The van der Waals surface area contributed by atoms with Crippen LogP contribution in [-0.2, 0) is 0 Å². The number of carbonyl (C=O) groups is 2. The molecular formula is C21H14FN3O3S. The highest BCUT2D eigenvalue weighted by atomic mass is 32.1. The standard InChI is InChI=1S/C21H14FN3O3S/c22-15-10-8-14(9-11-15)19(26)24-25-20(27)18-17(13-5-2-1-3-6-13)23-21(29-18)16-7-4-12-28-16/h1-12H,(H,24,26)(H,25,27). The van der Waals surface area contributed by atoms with Crippen LogP contribution in [0, 0.1) is 5.82 Å². The van der Waals surface area contributed by atoms with Gasteiger partial charge in [-0.15, -0.1) is 11.3 Å². The highest BCUT2D eigenvalue weighted by Crippen LogP contribution is 2.33. The van der Waals surface area contributed by atoms with E-state index in [1.54, 1.807) is 12.1 Å². The number of amides is 2. The molecule has 6 nitrogen and oxygen atoms in total. The zero-order chi connectivity index (χ0) is 20.2. The fraction of sp³-hybridized carbons (Fsp3) is 0. The molecule has 0 unspecified atom stereocenters. The van der Waals surface area contributed by atoms with E-state index >= 15 is 0 Å². The molecule has 2 aromatic carbocycles. The maximum absolute atomic E-state index is 13.0. The molecule has 0 saturated heterocycles. The fourth-order valence-corrected chi connectivity index (χ4v) is 3.57. The van der Waals surface area contributed by atoms with Crippen LogP contribution in [0.1, 0.15) is 20.0 Å². The summed E-state index contributed by atoms with van der Waals surface area (Å²) in [6, 6.07) is 17.7. The van der Waals surface area contributed by atoms with Gasteiger partial charge in [-0.05, 0) is 36.4 Å². The molecule has 0 spiro atoms. The van der Waals surface area contributed by atoms with E-state index in [0.717, 1.165) is 16.9 Å². The van der Waals surface area contributed by atoms with Crippen molar-refractivity contribution in [3.05, 3.63) is 89.3 Å². The molecule has 2 N–H and O–H groups in total. The molecule has 29 heavy (non-hydrogen) atoms. The maximum atomic E-state index is 13.0. The zero-order valence-corrected chi connectivity index (χ0v) is 15.7. The summed E-state index contributed by atoms with van der Waals surface area (Å²) in [5.74, 6) is -0.986. The normalized spacial score (nSPS) is 10.5. The van der Waals surface area contributed by atoms with Gasteiger partial charge in [0.25, 0.3) is 11.8 Å². The molecule has 0 fully saturated rings. The van der Waals surface area contributed by atoms with E-state index in [1.165, 1.54) is 30.5 Å². The smallest absolute Gasteiger partial charge is 0.282 e. The Labute approximate surface area is 169 Å². The van der Waals surface area contributed by atoms with E-state index in [2.05, 4.69) is 15.8 Å². The lowest BCUT2D eigenvalue weighted by molar-refractivity contribution is 0.0849. The Morgan fingerprint density at radius 2 is 1.62 bits per heavy atom. The van der Waals surface area contributed by atoms with Gasteiger partial charge in [-0.25, -0.2) is 9.37 Å². The summed E-state index contributed by atoms with van der Waals surface area (Å²) in [4.78, 5) is 29.8. The fourth-order valence-electron chi connectivity index (χ4n) is 2.62. The molecule has 0 aliphatic carbocycles. The van der Waals surface area contributed by atoms with Gasteiger partial charge in [-0.2, -0.15) is 0 Å². The van der Waals surface area contributed by atoms with Crippen molar-refractivity contribution in [3.63, 3.8) is 0 Å². The molecule has 0 bridgehead atoms. The van der Waals surface area contributed by atoms with Gasteiger partial charge in [0.15, 0.2) is 10.8 Å². The molecule has 8 heteroatoms. The number of benzene rings is 2. The first-order valence-electron chi connectivity index (χ1n) is 8.58. The molecule has 2 heterocycles. The largest absolute Gasteiger partial charge is 0.462 e. The third-order valence-corrected chi connectivity index (χ3v) is 5.08. The number of nitrogens with zero attached hydrogens (tertiary/aromatic N) is 1. The lowest BCUT2D eigenvalue weighted by atomic mass is 10.1. The minimum Gasteiger partial charge on any atom is -0.462 e. The van der Waals surface area contributed by atoms with Gasteiger partial charge in [0.2, 0.25) is 0 Å². The molecule has 2 aromatic heterocycles. The van der Waals surface area contributed by atoms with Crippen molar-refractivity contribution in [1.82, 2.24) is 15.8 Å². The summed E-state index contributed by atoms with van der Waals surface area (Å²) in [5, 5.41) is 0.545. The van der Waals surface area contributed by atoms with Crippen LogP contribution in [0.25, 0.3) is 22.0 Å². The van der Waals surface area contributed by atoms with Crippen LogP contribution < -0.4 is 10.9 Å². The van der Waals surface area contributed by atoms with Gasteiger partial charge in [0.05, 0.1) is 12.0 Å². The third kappa shape index (κ3) is 4.07. The summed E-state index contributed by atoms with van der Waals surface area (Å²) in [5.41, 5.74) is 6.18. The van der Waals surface area contributed by atoms with Crippen molar-refractivity contribution in [2.24, 2.45) is 0 Å². The van der Waals surface area contributed by atoms with Gasteiger partial charge in [-0.1, -0.05) is 30.3 Å². The van der Waals surface area contributed by atoms with Crippen LogP contribution in [0.3, 0.4) is 0 Å². The van der Waals surface area contributed by atoms with Crippen molar-refractivity contribution in [3.8, 4) is 22.0 Å². The van der Waals surface area contributed by atoms with E-state index in [-0.39, 0.29) is 5.56 Å². The second-order valence-corrected chi connectivity index (χ2v) is 6.95. The number of hydrazine groups is 1. The van der Waals surface area contributed by atoms with Crippen molar-refractivity contribution in [2.75, 3.05) is 0 Å². The number of halogens is 1. The first-order chi connectivity index (χ1) is 14.1. The van der Waals surface area contributed by atoms with Gasteiger partial charge in [0.1, 0.15) is 10.7 Å². The number of hydrogen-bond donors (Lipinski definition) is 2. The molecule has 4 rings (SSSR count). The Morgan fingerprint density at radius 3 is 2.31 bits per heavy atom. The van der Waals surface area contributed by atoms with Gasteiger partial charge in [-0.3, -0.25) is 20.4 Å². The predicted octanol–water partition coefficient (Wildman–Crippen LogP) is 4.28. The molecule has 144 valence electrons. The third-order valence-electron chi connectivity index (χ3n) is 4.01. The number of rotatable bonds is 4. The van der Waals surface area contributed by atoms with Crippen LogP contribution in [0.4, 0.5) is 4.39 Å². The molecule has 0 atom stereocenters. The Hall–Kier alpha value is -3.78. The minimum absolute atomic E-state index is 0.218. The molecule has 2 amide bonds. The Kier molecular flexibility index (Phi) is 5.17. The van der Waals surface area contributed by atoms with Crippen LogP contribution in [0.2, 0.25) is 0 Å².